The van der Waals surface area contributed by atoms with E-state index in [2.05, 4.69) is 12.1 Å². The van der Waals surface area contributed by atoms with Crippen molar-refractivity contribution in [3.05, 3.63) is 53.6 Å². The van der Waals surface area contributed by atoms with Gasteiger partial charge in [0.25, 0.3) is 0 Å². The zero-order chi connectivity index (χ0) is 16.5. The fourth-order valence-corrected chi connectivity index (χ4v) is 2.45. The third-order valence-electron chi connectivity index (χ3n) is 3.60. The van der Waals surface area contributed by atoms with Gasteiger partial charge in [-0.1, -0.05) is 18.2 Å². The van der Waals surface area contributed by atoms with E-state index in [1.165, 1.54) is 11.1 Å². The predicted molar refractivity (Wildman–Crippen MR) is 89.6 cm³/mol. The molecule has 0 saturated carbocycles. The first-order valence-electron chi connectivity index (χ1n) is 7.63. The zero-order valence-corrected chi connectivity index (χ0v) is 13.6. The molecule has 0 aliphatic carbocycles. The number of benzene rings is 2. The van der Waals surface area contributed by atoms with Crippen LogP contribution in [0.25, 0.3) is 0 Å². The molecule has 0 radical (unpaired) electrons. The number of ether oxygens (including phenoxy) is 3. The number of hydrogen-bond donors (Lipinski definition) is 0. The summed E-state index contributed by atoms with van der Waals surface area (Å²) in [5.74, 6) is 2.24. The van der Waals surface area contributed by atoms with Crippen LogP contribution in [-0.2, 0) is 17.6 Å². The van der Waals surface area contributed by atoms with Crippen molar-refractivity contribution in [1.29, 1.82) is 0 Å². The minimum absolute atomic E-state index is 0.0924. The van der Waals surface area contributed by atoms with Crippen molar-refractivity contribution >= 4 is 6.29 Å². The number of methoxy groups -OCH3 is 2. The van der Waals surface area contributed by atoms with E-state index in [1.54, 1.807) is 14.2 Å². The average molecular weight is 314 g/mol. The highest BCUT2D eigenvalue weighted by Crippen LogP contribution is 2.28. The molecule has 2 rings (SSSR count). The summed E-state index contributed by atoms with van der Waals surface area (Å²) in [6.07, 6.45) is 3.68. The van der Waals surface area contributed by atoms with Gasteiger partial charge in [-0.2, -0.15) is 0 Å². The van der Waals surface area contributed by atoms with Crippen LogP contribution in [0.2, 0.25) is 0 Å². The molecule has 0 saturated heterocycles. The Bertz CT molecular complexity index is 637. The molecule has 0 atom stereocenters. The van der Waals surface area contributed by atoms with Crippen molar-refractivity contribution in [3.63, 3.8) is 0 Å². The third kappa shape index (κ3) is 5.02. The number of carbonyl (C=O) groups is 1. The maximum absolute atomic E-state index is 10.3. The molecular weight excluding hydrogens is 292 g/mol. The predicted octanol–water partition coefficient (Wildman–Crippen LogP) is 3.46. The SMILES string of the molecule is COc1ccc(CCCc2cccc(OCC=O)c2)cc1OC. The van der Waals surface area contributed by atoms with Gasteiger partial charge in [0.15, 0.2) is 17.8 Å². The molecular formula is C19H22O4. The van der Waals surface area contributed by atoms with Gasteiger partial charge in [0, 0.05) is 0 Å². The lowest BCUT2D eigenvalue weighted by atomic mass is 10.0. The molecule has 0 heterocycles. The number of aryl methyl sites for hydroxylation is 2. The molecule has 4 nitrogen and oxygen atoms in total. The molecule has 2 aromatic carbocycles. The number of aldehydes is 1. The van der Waals surface area contributed by atoms with Gasteiger partial charge >= 0.3 is 0 Å². The summed E-state index contributed by atoms with van der Waals surface area (Å²) < 4.78 is 15.9. The fourth-order valence-electron chi connectivity index (χ4n) is 2.45. The summed E-state index contributed by atoms with van der Waals surface area (Å²) in [4.78, 5) is 10.3. The van der Waals surface area contributed by atoms with Gasteiger partial charge in [0.05, 0.1) is 14.2 Å². The Morgan fingerprint density at radius 2 is 1.65 bits per heavy atom. The van der Waals surface area contributed by atoms with Crippen molar-refractivity contribution < 1.29 is 19.0 Å². The Morgan fingerprint density at radius 1 is 0.913 bits per heavy atom. The van der Waals surface area contributed by atoms with Gasteiger partial charge in [-0.05, 0) is 54.7 Å². The molecule has 2 aromatic rings. The lowest BCUT2D eigenvalue weighted by Gasteiger charge is -2.10. The van der Waals surface area contributed by atoms with Crippen LogP contribution in [0.15, 0.2) is 42.5 Å². The van der Waals surface area contributed by atoms with E-state index >= 15 is 0 Å². The molecule has 0 amide bonds. The molecule has 0 aliphatic rings. The third-order valence-corrected chi connectivity index (χ3v) is 3.60. The molecule has 122 valence electrons. The fraction of sp³-hybridized carbons (Fsp3) is 0.316. The Morgan fingerprint density at radius 3 is 2.35 bits per heavy atom. The van der Waals surface area contributed by atoms with E-state index in [0.717, 1.165) is 42.8 Å². The Balaban J connectivity index is 1.90. The van der Waals surface area contributed by atoms with Crippen LogP contribution >= 0.6 is 0 Å². The molecule has 0 bridgehead atoms. The van der Waals surface area contributed by atoms with Crippen LogP contribution in [0.5, 0.6) is 17.2 Å². The molecule has 0 aromatic heterocycles. The quantitative estimate of drug-likeness (QED) is 0.665. The number of hydrogen-bond acceptors (Lipinski definition) is 4. The average Bonchev–Trinajstić information content (AvgIpc) is 2.60. The molecule has 0 spiro atoms. The minimum atomic E-state index is 0.0924. The van der Waals surface area contributed by atoms with Gasteiger partial charge in [-0.15, -0.1) is 0 Å². The summed E-state index contributed by atoms with van der Waals surface area (Å²) in [5.41, 5.74) is 2.42. The van der Waals surface area contributed by atoms with Crippen molar-refractivity contribution in [2.75, 3.05) is 20.8 Å². The highest BCUT2D eigenvalue weighted by molar-refractivity contribution is 5.51. The zero-order valence-electron chi connectivity index (χ0n) is 13.6. The summed E-state index contributed by atoms with van der Waals surface area (Å²) >= 11 is 0. The van der Waals surface area contributed by atoms with E-state index in [9.17, 15) is 4.79 Å². The molecule has 0 N–H and O–H groups in total. The van der Waals surface area contributed by atoms with E-state index in [4.69, 9.17) is 14.2 Å². The van der Waals surface area contributed by atoms with Crippen molar-refractivity contribution in [3.8, 4) is 17.2 Å². The van der Waals surface area contributed by atoms with E-state index in [1.807, 2.05) is 30.3 Å². The Hall–Kier alpha value is -2.49. The van der Waals surface area contributed by atoms with Gasteiger partial charge in [-0.25, -0.2) is 0 Å². The second-order valence-electron chi connectivity index (χ2n) is 5.17. The summed E-state index contributed by atoms with van der Waals surface area (Å²) in [6, 6.07) is 13.9. The lowest BCUT2D eigenvalue weighted by Crippen LogP contribution is -1.98. The normalized spacial score (nSPS) is 10.2. The first-order chi connectivity index (χ1) is 11.3. The van der Waals surface area contributed by atoms with Crippen LogP contribution in [-0.4, -0.2) is 27.1 Å². The lowest BCUT2D eigenvalue weighted by molar-refractivity contribution is -0.109. The topological polar surface area (TPSA) is 44.8 Å². The van der Waals surface area contributed by atoms with E-state index < -0.39 is 0 Å². The number of rotatable bonds is 9. The van der Waals surface area contributed by atoms with Crippen LogP contribution in [0.3, 0.4) is 0 Å². The first kappa shape index (κ1) is 16.9. The van der Waals surface area contributed by atoms with Crippen molar-refractivity contribution in [1.82, 2.24) is 0 Å². The maximum Gasteiger partial charge on any atom is 0.160 e. The summed E-state index contributed by atoms with van der Waals surface area (Å²) in [5, 5.41) is 0. The monoisotopic (exact) mass is 314 g/mol. The van der Waals surface area contributed by atoms with Crippen LogP contribution in [0.1, 0.15) is 17.5 Å². The van der Waals surface area contributed by atoms with E-state index in [-0.39, 0.29) is 6.61 Å². The van der Waals surface area contributed by atoms with Gasteiger partial charge in [0.2, 0.25) is 0 Å². The molecule has 0 aliphatic heterocycles. The van der Waals surface area contributed by atoms with Gasteiger partial charge in [-0.3, -0.25) is 4.79 Å². The van der Waals surface area contributed by atoms with E-state index in [0.29, 0.717) is 0 Å². The molecule has 0 unspecified atom stereocenters. The maximum atomic E-state index is 10.3. The molecule has 4 heteroatoms. The molecule has 0 fully saturated rings. The highest BCUT2D eigenvalue weighted by atomic mass is 16.5. The van der Waals surface area contributed by atoms with Crippen LogP contribution in [0.4, 0.5) is 0 Å². The standard InChI is InChI=1S/C19H22O4/c1-21-18-10-9-16(14-19(18)22-2)6-3-5-15-7-4-8-17(13-15)23-12-11-20/h4,7-11,13-14H,3,5-6,12H2,1-2H3. The van der Waals surface area contributed by atoms with Gasteiger partial charge < -0.3 is 14.2 Å². The van der Waals surface area contributed by atoms with Crippen LogP contribution in [0, 0.1) is 0 Å². The first-order valence-corrected chi connectivity index (χ1v) is 7.63. The Labute approximate surface area is 137 Å². The van der Waals surface area contributed by atoms with Crippen LogP contribution < -0.4 is 14.2 Å². The summed E-state index contributed by atoms with van der Waals surface area (Å²) in [6.45, 7) is 0.0924. The van der Waals surface area contributed by atoms with Gasteiger partial charge in [0.1, 0.15) is 12.4 Å². The van der Waals surface area contributed by atoms with Crippen molar-refractivity contribution in [2.24, 2.45) is 0 Å². The minimum Gasteiger partial charge on any atom is -0.493 e. The second-order valence-corrected chi connectivity index (χ2v) is 5.17. The smallest absolute Gasteiger partial charge is 0.160 e. The largest absolute Gasteiger partial charge is 0.493 e. The van der Waals surface area contributed by atoms with Crippen molar-refractivity contribution in [2.45, 2.75) is 19.3 Å². The summed E-state index contributed by atoms with van der Waals surface area (Å²) in [7, 11) is 3.28. The second kappa shape index (κ2) is 8.83. The number of carbonyl (C=O) groups excluding carboxylic acids is 1. The molecule has 23 heavy (non-hydrogen) atoms. The Kier molecular flexibility index (Phi) is 6.48. The highest BCUT2D eigenvalue weighted by Gasteiger charge is 2.05.